The number of rotatable bonds is 2. The molecular formula is C32H28NO+. The van der Waals surface area contributed by atoms with E-state index in [9.17, 15) is 0 Å². The molecule has 2 nitrogen and oxygen atoms in total. The smallest absolute Gasteiger partial charge is 0.216 e. The Bertz CT molecular complexity index is 1740. The van der Waals surface area contributed by atoms with Crippen LogP contribution in [0.2, 0.25) is 0 Å². The zero-order chi connectivity index (χ0) is 23.6. The van der Waals surface area contributed by atoms with E-state index in [1.165, 1.54) is 60.5 Å². The van der Waals surface area contributed by atoms with E-state index in [-0.39, 0.29) is 0 Å². The third-order valence-electron chi connectivity index (χ3n) is 7.17. The number of aromatic nitrogens is 1. The second-order valence-electron chi connectivity index (χ2n) is 9.54. The molecule has 0 amide bonds. The van der Waals surface area contributed by atoms with Gasteiger partial charge in [-0.05, 0) is 67.0 Å². The summed E-state index contributed by atoms with van der Waals surface area (Å²) in [5, 5.41) is 4.83. The van der Waals surface area contributed by atoms with E-state index in [0.29, 0.717) is 0 Å². The fourth-order valence-corrected chi connectivity index (χ4v) is 5.59. The predicted octanol–water partition coefficient (Wildman–Crippen LogP) is 8.13. The molecule has 0 saturated carbocycles. The van der Waals surface area contributed by atoms with Gasteiger partial charge in [-0.15, -0.1) is 0 Å². The normalized spacial score (nSPS) is 11.7. The van der Waals surface area contributed by atoms with Crippen molar-refractivity contribution in [1.29, 1.82) is 0 Å². The minimum absolute atomic E-state index is 0.974. The van der Waals surface area contributed by atoms with Crippen LogP contribution in [0.15, 0.2) is 83.4 Å². The van der Waals surface area contributed by atoms with Crippen LogP contribution in [0.3, 0.4) is 0 Å². The van der Waals surface area contributed by atoms with Crippen LogP contribution in [0.5, 0.6) is 0 Å². The van der Waals surface area contributed by atoms with Gasteiger partial charge < -0.3 is 4.42 Å². The number of hydrogen-bond acceptors (Lipinski definition) is 1. The molecule has 0 fully saturated rings. The van der Waals surface area contributed by atoms with E-state index in [1.807, 2.05) is 0 Å². The minimum Gasteiger partial charge on any atom is -0.454 e. The molecule has 0 aliphatic carbocycles. The van der Waals surface area contributed by atoms with Crippen LogP contribution in [0.25, 0.3) is 55.1 Å². The van der Waals surface area contributed by atoms with Crippen molar-refractivity contribution in [1.82, 2.24) is 0 Å². The Morgan fingerprint density at radius 3 is 2.09 bits per heavy atom. The zero-order valence-electron chi connectivity index (χ0n) is 20.4. The molecule has 0 saturated heterocycles. The lowest BCUT2D eigenvalue weighted by Gasteiger charge is -2.11. The maximum Gasteiger partial charge on any atom is 0.216 e. The highest BCUT2D eigenvalue weighted by Crippen LogP contribution is 2.42. The van der Waals surface area contributed by atoms with Crippen LogP contribution >= 0.6 is 0 Å². The summed E-state index contributed by atoms with van der Waals surface area (Å²) in [5.74, 6) is 0. The monoisotopic (exact) mass is 442 g/mol. The van der Waals surface area contributed by atoms with Crippen LogP contribution in [0, 0.1) is 27.7 Å². The number of furan rings is 1. The van der Waals surface area contributed by atoms with Crippen LogP contribution in [-0.4, -0.2) is 0 Å². The lowest BCUT2D eigenvalue weighted by molar-refractivity contribution is -0.660. The van der Waals surface area contributed by atoms with Crippen molar-refractivity contribution < 1.29 is 8.98 Å². The van der Waals surface area contributed by atoms with Gasteiger partial charge in [-0.1, -0.05) is 60.7 Å². The van der Waals surface area contributed by atoms with Gasteiger partial charge in [0.25, 0.3) is 0 Å². The number of hydrogen-bond donors (Lipinski definition) is 0. The summed E-state index contributed by atoms with van der Waals surface area (Å²) in [5.41, 5.74) is 11.8. The van der Waals surface area contributed by atoms with Crippen LogP contribution < -0.4 is 4.57 Å². The van der Waals surface area contributed by atoms with Crippen molar-refractivity contribution in [2.75, 3.05) is 0 Å². The van der Waals surface area contributed by atoms with Crippen LogP contribution in [0.1, 0.15) is 22.3 Å². The molecule has 0 aliphatic rings. The van der Waals surface area contributed by atoms with Crippen molar-refractivity contribution in [2.24, 2.45) is 7.05 Å². The molecule has 34 heavy (non-hydrogen) atoms. The van der Waals surface area contributed by atoms with Gasteiger partial charge in [0.1, 0.15) is 18.2 Å². The summed E-state index contributed by atoms with van der Waals surface area (Å²) >= 11 is 0. The number of pyridine rings is 1. The highest BCUT2D eigenvalue weighted by molar-refractivity contribution is 6.19. The van der Waals surface area contributed by atoms with Crippen molar-refractivity contribution >= 4 is 32.7 Å². The summed E-state index contributed by atoms with van der Waals surface area (Å²) in [6.45, 7) is 8.76. The van der Waals surface area contributed by atoms with E-state index in [2.05, 4.69) is 118 Å². The molecule has 0 spiro atoms. The first-order valence-corrected chi connectivity index (χ1v) is 11.8. The molecule has 2 heteroatoms. The Morgan fingerprint density at radius 1 is 0.618 bits per heavy atom. The summed E-state index contributed by atoms with van der Waals surface area (Å²) in [4.78, 5) is 0. The number of nitrogens with zero attached hydrogens (tertiary/aromatic N) is 1. The fourth-order valence-electron chi connectivity index (χ4n) is 5.59. The molecule has 0 bridgehead atoms. The molecule has 0 N–H and O–H groups in total. The Kier molecular flexibility index (Phi) is 4.60. The molecular weight excluding hydrogens is 414 g/mol. The summed E-state index contributed by atoms with van der Waals surface area (Å²) in [6, 6.07) is 26.1. The third kappa shape index (κ3) is 2.99. The molecule has 6 rings (SSSR count). The maximum atomic E-state index is 6.79. The standard InChI is InChI=1S/C32H28NO/c1-19-16-27-29-20(2)15-21(3)30(32(29)34-31(27)25-14-10-9-13-24(19)25)28-17-26(22(4)18-33(28)5)23-11-7-6-8-12-23/h6-18H,1-5H3/q+1. The van der Waals surface area contributed by atoms with Gasteiger partial charge in [0.2, 0.25) is 5.69 Å². The SMILES string of the molecule is Cc1c[n+](C)c(-c2c(C)cc(C)c3c2oc2c4ccccc4c(C)cc23)cc1-c1ccccc1. The van der Waals surface area contributed by atoms with Crippen molar-refractivity contribution in [3.05, 3.63) is 101 Å². The first-order valence-electron chi connectivity index (χ1n) is 11.8. The Labute approximate surface area is 200 Å². The maximum absolute atomic E-state index is 6.79. The summed E-state index contributed by atoms with van der Waals surface area (Å²) in [7, 11) is 2.13. The van der Waals surface area contributed by atoms with Gasteiger partial charge in [0, 0.05) is 27.8 Å². The molecule has 0 aliphatic heterocycles. The van der Waals surface area contributed by atoms with E-state index in [4.69, 9.17) is 4.42 Å². The third-order valence-corrected chi connectivity index (χ3v) is 7.17. The van der Waals surface area contributed by atoms with Crippen LogP contribution in [-0.2, 0) is 7.05 Å². The zero-order valence-corrected chi connectivity index (χ0v) is 20.4. The van der Waals surface area contributed by atoms with E-state index < -0.39 is 0 Å². The number of benzene rings is 4. The fraction of sp³-hybridized carbons (Fsp3) is 0.156. The molecule has 2 heterocycles. The Balaban J connectivity index is 1.74. The second-order valence-corrected chi connectivity index (χ2v) is 9.54. The van der Waals surface area contributed by atoms with Crippen molar-refractivity contribution in [3.63, 3.8) is 0 Å². The first kappa shape index (κ1) is 20.7. The first-order chi connectivity index (χ1) is 16.4. The minimum atomic E-state index is 0.974. The van der Waals surface area contributed by atoms with Crippen LogP contribution in [0.4, 0.5) is 0 Å². The van der Waals surface area contributed by atoms with Gasteiger partial charge in [-0.3, -0.25) is 0 Å². The number of aryl methyl sites for hydroxylation is 5. The molecule has 0 atom stereocenters. The predicted molar refractivity (Wildman–Crippen MR) is 142 cm³/mol. The lowest BCUT2D eigenvalue weighted by Crippen LogP contribution is -2.31. The van der Waals surface area contributed by atoms with Gasteiger partial charge in [-0.2, -0.15) is 0 Å². The van der Waals surface area contributed by atoms with Crippen molar-refractivity contribution in [2.45, 2.75) is 27.7 Å². The van der Waals surface area contributed by atoms with Gasteiger partial charge in [0.15, 0.2) is 6.20 Å². The van der Waals surface area contributed by atoms with E-state index in [1.54, 1.807) is 0 Å². The Morgan fingerprint density at radius 2 is 1.32 bits per heavy atom. The molecule has 6 aromatic rings. The summed E-state index contributed by atoms with van der Waals surface area (Å²) in [6.07, 6.45) is 2.23. The average Bonchev–Trinajstić information content (AvgIpc) is 3.21. The van der Waals surface area contributed by atoms with Gasteiger partial charge >= 0.3 is 0 Å². The van der Waals surface area contributed by atoms with Crippen molar-refractivity contribution in [3.8, 4) is 22.4 Å². The second kappa shape index (κ2) is 7.56. The largest absolute Gasteiger partial charge is 0.454 e. The van der Waals surface area contributed by atoms with Gasteiger partial charge in [0.05, 0.1) is 5.56 Å². The molecule has 0 unspecified atom stereocenters. The molecule has 0 radical (unpaired) electrons. The van der Waals surface area contributed by atoms with E-state index >= 15 is 0 Å². The Hall–Kier alpha value is -3.91. The van der Waals surface area contributed by atoms with E-state index in [0.717, 1.165) is 16.9 Å². The summed E-state index contributed by atoms with van der Waals surface area (Å²) < 4.78 is 9.02. The lowest BCUT2D eigenvalue weighted by atomic mass is 9.93. The van der Waals surface area contributed by atoms with Gasteiger partial charge in [-0.25, -0.2) is 4.57 Å². The molecule has 4 aromatic carbocycles. The quantitative estimate of drug-likeness (QED) is 0.247. The highest BCUT2D eigenvalue weighted by Gasteiger charge is 2.24. The highest BCUT2D eigenvalue weighted by atomic mass is 16.3. The molecule has 2 aromatic heterocycles. The number of fused-ring (bicyclic) bond motifs is 5. The average molecular weight is 443 g/mol. The molecule has 166 valence electrons. The topological polar surface area (TPSA) is 17.0 Å².